The van der Waals surface area contributed by atoms with Crippen LogP contribution in [-0.2, 0) is 26.1 Å². The lowest BCUT2D eigenvalue weighted by Crippen LogP contribution is -2.52. The third-order valence-electron chi connectivity index (χ3n) is 9.67. The van der Waals surface area contributed by atoms with Crippen LogP contribution >= 0.6 is 0 Å². The highest BCUT2D eigenvalue weighted by Crippen LogP contribution is 2.40. The first-order chi connectivity index (χ1) is 24.2. The SMILES string of the molecule is COCCCN1CCOc2ccc(CO[C@H]3CN(S(=O)(=O)c4ccc(C)cc4)[C@@H](C[C@@H](C)n4nnc(C)n4)C[C@@H]3c3ccc(OC)cc3)cc21. The van der Waals surface area contributed by atoms with Crippen molar-refractivity contribution in [2.75, 3.05) is 52.0 Å². The van der Waals surface area contributed by atoms with Crippen LogP contribution in [0.3, 0.4) is 0 Å². The highest BCUT2D eigenvalue weighted by Gasteiger charge is 2.43. The molecule has 2 aliphatic rings. The van der Waals surface area contributed by atoms with Crippen LogP contribution in [0.5, 0.6) is 11.5 Å². The Hall–Kier alpha value is -4.04. The second kappa shape index (κ2) is 15.9. The number of anilines is 1. The number of methoxy groups -OCH3 is 2. The standard InChI is InChI=1S/C37H48N6O6S/c1-26-7-14-33(15-8-26)50(44,45)42-24-37(49-25-29-9-16-36-35(22-29)41(18-20-48-36)17-6-19-46-4)34(30-10-12-32(47-5)13-11-30)23-31(42)21-27(2)43-39-28(3)38-40-43/h7-16,22,27,31,34,37H,6,17-21,23-25H2,1-5H3/t27-,31+,34-,37+/m1/s1. The maximum Gasteiger partial charge on any atom is 0.243 e. The molecule has 3 aromatic carbocycles. The fourth-order valence-electron chi connectivity index (χ4n) is 6.96. The maximum atomic E-state index is 14.5. The molecular formula is C37H48N6O6S. The van der Waals surface area contributed by atoms with Gasteiger partial charge in [0.25, 0.3) is 0 Å². The van der Waals surface area contributed by atoms with Gasteiger partial charge in [0, 0.05) is 38.8 Å². The molecule has 4 atom stereocenters. The van der Waals surface area contributed by atoms with Crippen molar-refractivity contribution in [2.45, 2.75) is 75.6 Å². The van der Waals surface area contributed by atoms with Crippen molar-refractivity contribution in [1.29, 1.82) is 0 Å². The van der Waals surface area contributed by atoms with Crippen LogP contribution in [0.4, 0.5) is 5.69 Å². The zero-order chi connectivity index (χ0) is 35.3. The van der Waals surface area contributed by atoms with E-state index in [-0.39, 0.29) is 29.4 Å². The maximum absolute atomic E-state index is 14.5. The van der Waals surface area contributed by atoms with Crippen molar-refractivity contribution in [3.8, 4) is 11.5 Å². The molecule has 0 unspecified atom stereocenters. The average Bonchev–Trinajstić information content (AvgIpc) is 3.57. The number of aryl methyl sites for hydroxylation is 2. The summed E-state index contributed by atoms with van der Waals surface area (Å²) in [6, 6.07) is 20.7. The molecule has 268 valence electrons. The zero-order valence-electron chi connectivity index (χ0n) is 29.6. The van der Waals surface area contributed by atoms with Crippen molar-refractivity contribution < 1.29 is 27.4 Å². The molecular weight excluding hydrogens is 657 g/mol. The van der Waals surface area contributed by atoms with E-state index < -0.39 is 16.1 Å². The van der Waals surface area contributed by atoms with Crippen LogP contribution in [0.15, 0.2) is 71.6 Å². The van der Waals surface area contributed by atoms with Crippen molar-refractivity contribution in [1.82, 2.24) is 24.5 Å². The van der Waals surface area contributed by atoms with Gasteiger partial charge in [-0.3, -0.25) is 0 Å². The van der Waals surface area contributed by atoms with Gasteiger partial charge in [0.2, 0.25) is 10.0 Å². The number of piperidine rings is 1. The fourth-order valence-corrected chi connectivity index (χ4v) is 8.62. The number of sulfonamides is 1. The quantitative estimate of drug-likeness (QED) is 0.160. The minimum absolute atomic E-state index is 0.0838. The van der Waals surface area contributed by atoms with Crippen LogP contribution in [0, 0.1) is 13.8 Å². The van der Waals surface area contributed by atoms with Gasteiger partial charge in [-0.05, 0) is 92.8 Å². The third kappa shape index (κ3) is 8.12. The van der Waals surface area contributed by atoms with Crippen LogP contribution in [0.2, 0.25) is 0 Å². The lowest BCUT2D eigenvalue weighted by molar-refractivity contribution is -0.0226. The van der Waals surface area contributed by atoms with Crippen molar-refractivity contribution in [2.24, 2.45) is 0 Å². The fraction of sp³-hybridized carbons (Fsp3) is 0.486. The normalized spacial score (nSPS) is 20.3. The van der Waals surface area contributed by atoms with Gasteiger partial charge in [0.1, 0.15) is 18.1 Å². The number of hydrogen-bond acceptors (Lipinski definition) is 10. The van der Waals surface area contributed by atoms with Gasteiger partial charge in [0.15, 0.2) is 5.82 Å². The summed E-state index contributed by atoms with van der Waals surface area (Å²) in [6.07, 6.45) is 1.54. The summed E-state index contributed by atoms with van der Waals surface area (Å²) in [7, 11) is -0.511. The van der Waals surface area contributed by atoms with Crippen LogP contribution in [-0.4, -0.2) is 92.1 Å². The Balaban J connectivity index is 1.32. The zero-order valence-corrected chi connectivity index (χ0v) is 30.4. The first-order valence-electron chi connectivity index (χ1n) is 17.3. The molecule has 1 fully saturated rings. The minimum atomic E-state index is -3.88. The minimum Gasteiger partial charge on any atom is -0.497 e. The molecule has 0 N–H and O–H groups in total. The first-order valence-corrected chi connectivity index (χ1v) is 18.7. The average molecular weight is 705 g/mol. The second-order valence-electron chi connectivity index (χ2n) is 13.2. The number of tetrazole rings is 1. The largest absolute Gasteiger partial charge is 0.497 e. The van der Waals surface area contributed by atoms with Gasteiger partial charge in [0.05, 0.1) is 43.0 Å². The van der Waals surface area contributed by atoms with E-state index in [4.69, 9.17) is 18.9 Å². The Morgan fingerprint density at radius 2 is 1.80 bits per heavy atom. The highest BCUT2D eigenvalue weighted by atomic mass is 32.2. The van der Waals surface area contributed by atoms with E-state index in [1.165, 1.54) is 0 Å². The number of fused-ring (bicyclic) bond motifs is 1. The monoisotopic (exact) mass is 704 g/mol. The smallest absolute Gasteiger partial charge is 0.243 e. The van der Waals surface area contributed by atoms with E-state index in [0.29, 0.717) is 38.5 Å². The summed E-state index contributed by atoms with van der Waals surface area (Å²) in [5.41, 5.74) is 4.10. The molecule has 50 heavy (non-hydrogen) atoms. The Labute approximate surface area is 295 Å². The summed E-state index contributed by atoms with van der Waals surface area (Å²) in [6.45, 7) is 9.25. The molecule has 0 spiro atoms. The molecule has 2 aliphatic heterocycles. The second-order valence-corrected chi connectivity index (χ2v) is 15.1. The molecule has 3 heterocycles. The number of rotatable bonds is 14. The lowest BCUT2D eigenvalue weighted by atomic mass is 9.82. The van der Waals surface area contributed by atoms with Crippen LogP contribution < -0.4 is 14.4 Å². The Bertz CT molecular complexity index is 1820. The molecule has 0 radical (unpaired) electrons. The molecule has 1 saturated heterocycles. The molecule has 1 aromatic heterocycles. The van der Waals surface area contributed by atoms with Crippen LogP contribution in [0.1, 0.15) is 60.7 Å². The van der Waals surface area contributed by atoms with Crippen LogP contribution in [0.25, 0.3) is 0 Å². The number of nitrogens with zero attached hydrogens (tertiary/aromatic N) is 6. The van der Waals surface area contributed by atoms with Crippen molar-refractivity contribution in [3.05, 3.63) is 89.2 Å². The predicted molar refractivity (Wildman–Crippen MR) is 190 cm³/mol. The first kappa shape index (κ1) is 35.8. The topological polar surface area (TPSA) is 121 Å². The van der Waals surface area contributed by atoms with Gasteiger partial charge in [-0.25, -0.2) is 8.42 Å². The van der Waals surface area contributed by atoms with Gasteiger partial charge in [-0.15, -0.1) is 10.2 Å². The summed E-state index contributed by atoms with van der Waals surface area (Å²) in [4.78, 5) is 4.17. The van der Waals surface area contributed by atoms with Crippen molar-refractivity contribution >= 4 is 15.7 Å². The van der Waals surface area contributed by atoms with Gasteiger partial charge < -0.3 is 23.8 Å². The summed E-state index contributed by atoms with van der Waals surface area (Å²) < 4.78 is 54.0. The van der Waals surface area contributed by atoms with E-state index in [2.05, 4.69) is 38.5 Å². The Kier molecular flexibility index (Phi) is 11.4. The van der Waals surface area contributed by atoms with Gasteiger partial charge in [-0.2, -0.15) is 9.10 Å². The molecule has 12 nitrogen and oxygen atoms in total. The number of ether oxygens (including phenoxy) is 4. The molecule has 0 saturated carbocycles. The molecule has 0 bridgehead atoms. The highest BCUT2D eigenvalue weighted by molar-refractivity contribution is 7.89. The van der Waals surface area contributed by atoms with E-state index in [1.807, 2.05) is 50.2 Å². The summed E-state index contributed by atoms with van der Waals surface area (Å²) in [5.74, 6) is 2.10. The molecule has 13 heteroatoms. The number of benzene rings is 3. The van der Waals surface area contributed by atoms with Gasteiger partial charge >= 0.3 is 0 Å². The summed E-state index contributed by atoms with van der Waals surface area (Å²) >= 11 is 0. The number of aromatic nitrogens is 4. The third-order valence-corrected chi connectivity index (χ3v) is 11.6. The Morgan fingerprint density at radius 1 is 1.02 bits per heavy atom. The van der Waals surface area contributed by atoms with Gasteiger partial charge in [-0.1, -0.05) is 35.9 Å². The molecule has 4 aromatic rings. The summed E-state index contributed by atoms with van der Waals surface area (Å²) in [5, 5.41) is 12.7. The van der Waals surface area contributed by atoms with E-state index in [9.17, 15) is 8.42 Å². The molecule has 6 rings (SSSR count). The van der Waals surface area contributed by atoms with E-state index >= 15 is 0 Å². The number of hydrogen-bond donors (Lipinski definition) is 0. The lowest BCUT2D eigenvalue weighted by Gasteiger charge is -2.44. The molecule has 0 amide bonds. The van der Waals surface area contributed by atoms with Crippen molar-refractivity contribution in [3.63, 3.8) is 0 Å². The van der Waals surface area contributed by atoms with E-state index in [0.717, 1.165) is 53.4 Å². The Morgan fingerprint density at radius 3 is 2.50 bits per heavy atom. The molecule has 0 aliphatic carbocycles. The predicted octanol–water partition coefficient (Wildman–Crippen LogP) is 5.32. The van der Waals surface area contributed by atoms with E-state index in [1.54, 1.807) is 42.4 Å².